The van der Waals surface area contributed by atoms with Crippen molar-refractivity contribution in [3.8, 4) is 0 Å². The number of carbonyl (C=O) groups excluding carboxylic acids is 1. The zero-order valence-electron chi connectivity index (χ0n) is 14.8. The van der Waals surface area contributed by atoms with Crippen LogP contribution >= 0.6 is 0 Å². The third-order valence-electron chi connectivity index (χ3n) is 3.77. The number of unbranched alkanes of at least 4 members (excludes halogenated alkanes) is 1. The Morgan fingerprint density at radius 3 is 2.14 bits per heavy atom. The molecule has 0 aromatic rings. The predicted molar refractivity (Wildman–Crippen MR) is 89.6 cm³/mol. The summed E-state index contributed by atoms with van der Waals surface area (Å²) >= 11 is 0. The van der Waals surface area contributed by atoms with E-state index in [4.69, 9.17) is 4.74 Å². The molecule has 0 bridgehead atoms. The molecule has 0 saturated heterocycles. The van der Waals surface area contributed by atoms with Crippen LogP contribution in [0.4, 0.5) is 0 Å². The maximum absolute atomic E-state index is 12.1. The molecular weight excluding hydrogens is 264 g/mol. The molecule has 4 heteroatoms. The van der Waals surface area contributed by atoms with Gasteiger partial charge in [-0.1, -0.05) is 20.8 Å². The van der Waals surface area contributed by atoms with Gasteiger partial charge < -0.3 is 15.0 Å². The molecule has 0 spiro atoms. The van der Waals surface area contributed by atoms with E-state index in [0.29, 0.717) is 6.61 Å². The Hall–Kier alpha value is -0.610. The minimum absolute atomic E-state index is 0.120. The van der Waals surface area contributed by atoms with Crippen molar-refractivity contribution in [2.75, 3.05) is 32.8 Å². The molecule has 0 aliphatic carbocycles. The molecule has 0 amide bonds. The zero-order chi connectivity index (χ0) is 16.1. The van der Waals surface area contributed by atoms with Crippen molar-refractivity contribution in [1.29, 1.82) is 0 Å². The van der Waals surface area contributed by atoms with Crippen LogP contribution in [0, 0.1) is 0 Å². The Kier molecular flexibility index (Phi) is 11.6. The minimum atomic E-state index is -0.537. The Morgan fingerprint density at radius 1 is 1.05 bits per heavy atom. The van der Waals surface area contributed by atoms with E-state index < -0.39 is 5.54 Å². The first-order valence-electron chi connectivity index (χ1n) is 8.68. The van der Waals surface area contributed by atoms with Crippen LogP contribution in [0.5, 0.6) is 0 Å². The van der Waals surface area contributed by atoms with Gasteiger partial charge in [0.15, 0.2) is 0 Å². The van der Waals surface area contributed by atoms with Gasteiger partial charge in [-0.25, -0.2) is 0 Å². The Labute approximate surface area is 131 Å². The second-order valence-corrected chi connectivity index (χ2v) is 5.88. The molecule has 0 aliphatic rings. The van der Waals surface area contributed by atoms with Gasteiger partial charge in [0.05, 0.1) is 6.61 Å². The molecule has 1 atom stereocenters. The normalized spacial score (nSPS) is 14.2. The molecule has 21 heavy (non-hydrogen) atoms. The van der Waals surface area contributed by atoms with Crippen LogP contribution in [-0.2, 0) is 9.53 Å². The summed E-state index contributed by atoms with van der Waals surface area (Å²) in [5, 5.41) is 3.29. The fourth-order valence-corrected chi connectivity index (χ4v) is 2.72. The molecule has 0 rings (SSSR count). The fourth-order valence-electron chi connectivity index (χ4n) is 2.72. The number of nitrogens with one attached hydrogen (secondary N) is 1. The first kappa shape index (κ1) is 20.4. The van der Waals surface area contributed by atoms with Crippen LogP contribution in [-0.4, -0.2) is 49.2 Å². The number of carbonyl (C=O) groups is 1. The summed E-state index contributed by atoms with van der Waals surface area (Å²) in [6.07, 6.45) is 5.44. The van der Waals surface area contributed by atoms with Crippen LogP contribution in [0.1, 0.15) is 66.7 Å². The van der Waals surface area contributed by atoms with E-state index in [2.05, 4.69) is 24.1 Å². The third-order valence-corrected chi connectivity index (χ3v) is 3.77. The second-order valence-electron chi connectivity index (χ2n) is 5.88. The van der Waals surface area contributed by atoms with E-state index in [1.807, 2.05) is 20.8 Å². The van der Waals surface area contributed by atoms with E-state index in [-0.39, 0.29) is 5.97 Å². The molecule has 0 aromatic carbocycles. The van der Waals surface area contributed by atoms with Crippen LogP contribution in [0.3, 0.4) is 0 Å². The molecule has 1 N–H and O–H groups in total. The van der Waals surface area contributed by atoms with E-state index in [9.17, 15) is 4.79 Å². The summed E-state index contributed by atoms with van der Waals surface area (Å²) in [5.41, 5.74) is -0.537. The summed E-state index contributed by atoms with van der Waals surface area (Å²) in [6.45, 7) is 15.0. The molecule has 0 radical (unpaired) electrons. The summed E-state index contributed by atoms with van der Waals surface area (Å²) in [7, 11) is 0. The third kappa shape index (κ3) is 8.42. The lowest BCUT2D eigenvalue weighted by molar-refractivity contribution is -0.150. The summed E-state index contributed by atoms with van der Waals surface area (Å²) in [6, 6.07) is 0. The predicted octanol–water partition coefficient (Wildman–Crippen LogP) is 3.21. The van der Waals surface area contributed by atoms with Gasteiger partial charge in [0.1, 0.15) is 5.54 Å². The molecular formula is C17H36N2O2. The molecule has 1 unspecified atom stereocenters. The first-order chi connectivity index (χ1) is 10.0. The maximum atomic E-state index is 12.1. The molecule has 0 aliphatic heterocycles. The largest absolute Gasteiger partial charge is 0.465 e. The SMILES string of the molecule is CCCN(CCC)CCCCC(C)(NCC)C(=O)OCC. The minimum Gasteiger partial charge on any atom is -0.465 e. The van der Waals surface area contributed by atoms with Gasteiger partial charge >= 0.3 is 5.97 Å². The molecule has 0 aromatic heterocycles. The average molecular weight is 300 g/mol. The van der Waals surface area contributed by atoms with Crippen molar-refractivity contribution >= 4 is 5.97 Å². The lowest BCUT2D eigenvalue weighted by Crippen LogP contribution is -2.50. The lowest BCUT2D eigenvalue weighted by atomic mass is 9.94. The van der Waals surface area contributed by atoms with Crippen LogP contribution in [0.15, 0.2) is 0 Å². The number of rotatable bonds is 13. The van der Waals surface area contributed by atoms with Gasteiger partial charge in [0.2, 0.25) is 0 Å². The molecule has 0 saturated carbocycles. The number of ether oxygens (including phenoxy) is 1. The van der Waals surface area contributed by atoms with Gasteiger partial charge in [0.25, 0.3) is 0 Å². The van der Waals surface area contributed by atoms with Crippen molar-refractivity contribution in [3.63, 3.8) is 0 Å². The van der Waals surface area contributed by atoms with Gasteiger partial charge in [-0.2, -0.15) is 0 Å². The second kappa shape index (κ2) is 12.0. The summed E-state index contributed by atoms with van der Waals surface area (Å²) in [4.78, 5) is 14.6. The number of hydrogen-bond donors (Lipinski definition) is 1. The molecule has 0 fully saturated rings. The van der Waals surface area contributed by atoms with Crippen molar-refractivity contribution in [2.24, 2.45) is 0 Å². The van der Waals surface area contributed by atoms with Crippen molar-refractivity contribution in [1.82, 2.24) is 10.2 Å². The highest BCUT2D eigenvalue weighted by molar-refractivity contribution is 5.80. The zero-order valence-corrected chi connectivity index (χ0v) is 14.8. The van der Waals surface area contributed by atoms with Gasteiger partial charge in [-0.3, -0.25) is 4.79 Å². The number of hydrogen-bond acceptors (Lipinski definition) is 4. The topological polar surface area (TPSA) is 41.6 Å². The van der Waals surface area contributed by atoms with Gasteiger partial charge in [-0.05, 0) is 72.1 Å². The maximum Gasteiger partial charge on any atom is 0.326 e. The molecule has 4 nitrogen and oxygen atoms in total. The monoisotopic (exact) mass is 300 g/mol. The summed E-state index contributed by atoms with van der Waals surface area (Å²) in [5.74, 6) is -0.120. The molecule has 0 heterocycles. The number of esters is 1. The van der Waals surface area contributed by atoms with Crippen LogP contribution in [0.25, 0.3) is 0 Å². The van der Waals surface area contributed by atoms with Gasteiger partial charge in [0, 0.05) is 0 Å². The van der Waals surface area contributed by atoms with E-state index in [1.54, 1.807) is 0 Å². The highest BCUT2D eigenvalue weighted by atomic mass is 16.5. The van der Waals surface area contributed by atoms with Crippen molar-refractivity contribution in [2.45, 2.75) is 72.3 Å². The van der Waals surface area contributed by atoms with Crippen molar-refractivity contribution in [3.05, 3.63) is 0 Å². The molecule has 126 valence electrons. The van der Waals surface area contributed by atoms with E-state index in [0.717, 1.165) is 32.4 Å². The van der Waals surface area contributed by atoms with Crippen molar-refractivity contribution < 1.29 is 9.53 Å². The van der Waals surface area contributed by atoms with E-state index in [1.165, 1.54) is 25.9 Å². The smallest absolute Gasteiger partial charge is 0.326 e. The van der Waals surface area contributed by atoms with Crippen LogP contribution < -0.4 is 5.32 Å². The van der Waals surface area contributed by atoms with E-state index >= 15 is 0 Å². The Bertz CT molecular complexity index is 266. The highest BCUT2D eigenvalue weighted by Crippen LogP contribution is 2.16. The average Bonchev–Trinajstić information content (AvgIpc) is 2.44. The Balaban J connectivity index is 4.21. The first-order valence-corrected chi connectivity index (χ1v) is 8.68. The van der Waals surface area contributed by atoms with Gasteiger partial charge in [-0.15, -0.1) is 0 Å². The fraction of sp³-hybridized carbons (Fsp3) is 0.941. The number of nitrogens with zero attached hydrogens (tertiary/aromatic N) is 1. The highest BCUT2D eigenvalue weighted by Gasteiger charge is 2.32. The number of likely N-dealkylation sites (N-methyl/N-ethyl adjacent to an activating group) is 1. The Morgan fingerprint density at radius 2 is 1.67 bits per heavy atom. The lowest BCUT2D eigenvalue weighted by Gasteiger charge is -2.28. The van der Waals surface area contributed by atoms with Crippen LogP contribution in [0.2, 0.25) is 0 Å². The summed E-state index contributed by atoms with van der Waals surface area (Å²) < 4.78 is 5.20. The quantitative estimate of drug-likeness (QED) is 0.419. The standard InChI is InChI=1S/C17H36N2O2/c1-6-13-19(14-7-2)15-11-10-12-17(5,18-8-3)16(20)21-9-4/h18H,6-15H2,1-5H3.